The first-order chi connectivity index (χ1) is 7.74. The lowest BCUT2D eigenvalue weighted by Crippen LogP contribution is -2.16. The van der Waals surface area contributed by atoms with Gasteiger partial charge < -0.3 is 9.73 Å². The number of aromatic nitrogens is 1. The van der Waals surface area contributed by atoms with Crippen LogP contribution in [0.25, 0.3) is 0 Å². The molecule has 2 rings (SSSR count). The van der Waals surface area contributed by atoms with Gasteiger partial charge in [-0.25, -0.2) is 4.98 Å². The second-order valence-electron chi connectivity index (χ2n) is 3.49. The maximum atomic E-state index is 5.40. The van der Waals surface area contributed by atoms with E-state index in [1.165, 1.54) is 0 Å². The predicted octanol–water partition coefficient (Wildman–Crippen LogP) is 3.14. The van der Waals surface area contributed by atoms with Gasteiger partial charge in [-0.1, -0.05) is 0 Å². The van der Waals surface area contributed by atoms with Crippen molar-refractivity contribution in [1.29, 1.82) is 0 Å². The fourth-order valence-electron chi connectivity index (χ4n) is 1.40. The summed E-state index contributed by atoms with van der Waals surface area (Å²) in [5.74, 6) is 0.994. The zero-order valence-electron chi connectivity index (χ0n) is 9.00. The summed E-state index contributed by atoms with van der Waals surface area (Å²) < 4.78 is 6.19. The Labute approximate surface area is 107 Å². The van der Waals surface area contributed by atoms with Crippen molar-refractivity contribution in [2.75, 3.05) is 6.54 Å². The summed E-state index contributed by atoms with van der Waals surface area (Å²) in [6, 6.07) is 3.90. The second kappa shape index (κ2) is 5.61. The molecular formula is C11H13BrN2OS. The lowest BCUT2D eigenvalue weighted by atomic mass is 10.3. The molecule has 0 aromatic carbocycles. The van der Waals surface area contributed by atoms with E-state index in [2.05, 4.69) is 31.6 Å². The van der Waals surface area contributed by atoms with Crippen LogP contribution in [0.3, 0.4) is 0 Å². The van der Waals surface area contributed by atoms with Gasteiger partial charge in [-0.15, -0.1) is 11.3 Å². The molecule has 5 heteroatoms. The van der Waals surface area contributed by atoms with Gasteiger partial charge in [-0.05, 0) is 35.0 Å². The molecule has 86 valence electrons. The summed E-state index contributed by atoms with van der Waals surface area (Å²) in [6.45, 7) is 3.75. The number of aryl methyl sites for hydroxylation is 1. The lowest BCUT2D eigenvalue weighted by Gasteiger charge is -2.00. The van der Waals surface area contributed by atoms with Gasteiger partial charge in [0.15, 0.2) is 4.67 Å². The Morgan fingerprint density at radius 2 is 2.38 bits per heavy atom. The number of hydrogen-bond acceptors (Lipinski definition) is 4. The molecule has 0 aliphatic heterocycles. The molecule has 2 aromatic heterocycles. The van der Waals surface area contributed by atoms with Crippen LogP contribution in [0.1, 0.15) is 16.5 Å². The Hall–Kier alpha value is -0.650. The molecule has 3 nitrogen and oxygen atoms in total. The van der Waals surface area contributed by atoms with Crippen LogP contribution in [0.5, 0.6) is 0 Å². The molecule has 0 fully saturated rings. The molecule has 0 aliphatic carbocycles. The molecule has 0 unspecified atom stereocenters. The van der Waals surface area contributed by atoms with Crippen LogP contribution in [-0.2, 0) is 13.0 Å². The third kappa shape index (κ3) is 3.43. The van der Waals surface area contributed by atoms with Crippen molar-refractivity contribution in [1.82, 2.24) is 10.3 Å². The topological polar surface area (TPSA) is 38.1 Å². The van der Waals surface area contributed by atoms with Crippen LogP contribution < -0.4 is 5.32 Å². The Morgan fingerprint density at radius 3 is 3.00 bits per heavy atom. The SMILES string of the molecule is Cc1nc(CNCCc2ccc(Br)o2)cs1. The minimum absolute atomic E-state index is 0.789. The second-order valence-corrected chi connectivity index (χ2v) is 5.33. The number of furan rings is 1. The lowest BCUT2D eigenvalue weighted by molar-refractivity contribution is 0.479. The minimum atomic E-state index is 0.789. The van der Waals surface area contributed by atoms with E-state index in [4.69, 9.17) is 4.42 Å². The van der Waals surface area contributed by atoms with Crippen LogP contribution >= 0.6 is 27.3 Å². The van der Waals surface area contributed by atoms with Crippen LogP contribution in [0.2, 0.25) is 0 Å². The smallest absolute Gasteiger partial charge is 0.169 e. The van der Waals surface area contributed by atoms with Crippen molar-refractivity contribution >= 4 is 27.3 Å². The van der Waals surface area contributed by atoms with Gasteiger partial charge in [0.1, 0.15) is 5.76 Å². The number of rotatable bonds is 5. The van der Waals surface area contributed by atoms with E-state index in [0.717, 1.165) is 40.6 Å². The van der Waals surface area contributed by atoms with Gasteiger partial charge in [0.2, 0.25) is 0 Å². The molecule has 0 atom stereocenters. The van der Waals surface area contributed by atoms with E-state index in [1.54, 1.807) is 11.3 Å². The highest BCUT2D eigenvalue weighted by Crippen LogP contribution is 2.14. The van der Waals surface area contributed by atoms with E-state index >= 15 is 0 Å². The summed E-state index contributed by atoms with van der Waals surface area (Å²) in [5, 5.41) is 6.55. The number of nitrogens with zero attached hydrogens (tertiary/aromatic N) is 1. The summed E-state index contributed by atoms with van der Waals surface area (Å²) in [7, 11) is 0. The Bertz CT molecular complexity index is 410. The highest BCUT2D eigenvalue weighted by atomic mass is 79.9. The maximum absolute atomic E-state index is 5.40. The fraction of sp³-hybridized carbons (Fsp3) is 0.364. The molecule has 0 saturated heterocycles. The van der Waals surface area contributed by atoms with Crippen LogP contribution in [0.4, 0.5) is 0 Å². The zero-order valence-corrected chi connectivity index (χ0v) is 11.4. The van der Waals surface area contributed by atoms with Crippen molar-refractivity contribution in [2.45, 2.75) is 19.9 Å². The molecular weight excluding hydrogens is 288 g/mol. The molecule has 0 spiro atoms. The number of halogens is 1. The minimum Gasteiger partial charge on any atom is -0.454 e. The van der Waals surface area contributed by atoms with E-state index in [9.17, 15) is 0 Å². The van der Waals surface area contributed by atoms with Gasteiger partial charge in [-0.3, -0.25) is 0 Å². The van der Waals surface area contributed by atoms with Crippen LogP contribution in [0, 0.1) is 6.92 Å². The molecule has 0 bridgehead atoms. The van der Waals surface area contributed by atoms with E-state index in [0.29, 0.717) is 0 Å². The van der Waals surface area contributed by atoms with Gasteiger partial charge >= 0.3 is 0 Å². The summed E-state index contributed by atoms with van der Waals surface area (Å²) in [6.07, 6.45) is 0.898. The largest absolute Gasteiger partial charge is 0.454 e. The van der Waals surface area contributed by atoms with Crippen molar-refractivity contribution in [3.63, 3.8) is 0 Å². The normalized spacial score (nSPS) is 10.9. The van der Waals surface area contributed by atoms with Crippen molar-refractivity contribution in [2.24, 2.45) is 0 Å². The molecule has 0 amide bonds. The van der Waals surface area contributed by atoms with Crippen molar-refractivity contribution in [3.8, 4) is 0 Å². The zero-order chi connectivity index (χ0) is 11.4. The fourth-order valence-corrected chi connectivity index (χ4v) is 2.36. The molecule has 0 saturated carbocycles. The monoisotopic (exact) mass is 300 g/mol. The third-order valence-corrected chi connectivity index (χ3v) is 3.40. The van der Waals surface area contributed by atoms with Crippen molar-refractivity contribution < 1.29 is 4.42 Å². The summed E-state index contributed by atoms with van der Waals surface area (Å²) >= 11 is 4.97. The van der Waals surface area contributed by atoms with Crippen LogP contribution in [0.15, 0.2) is 26.6 Å². The first-order valence-corrected chi connectivity index (χ1v) is 6.77. The standard InChI is InChI=1S/C11H13BrN2OS/c1-8-14-9(7-16-8)6-13-5-4-10-2-3-11(12)15-10/h2-3,7,13H,4-6H2,1H3. The van der Waals surface area contributed by atoms with Gasteiger partial charge in [0.05, 0.1) is 10.7 Å². The van der Waals surface area contributed by atoms with Gasteiger partial charge in [-0.2, -0.15) is 0 Å². The number of thiazole rings is 1. The van der Waals surface area contributed by atoms with E-state index in [-0.39, 0.29) is 0 Å². The van der Waals surface area contributed by atoms with E-state index in [1.807, 2.05) is 19.1 Å². The van der Waals surface area contributed by atoms with Gasteiger partial charge in [0, 0.05) is 24.9 Å². The Kier molecular flexibility index (Phi) is 4.15. The quantitative estimate of drug-likeness (QED) is 0.862. The number of hydrogen-bond donors (Lipinski definition) is 1. The Balaban J connectivity index is 1.69. The third-order valence-electron chi connectivity index (χ3n) is 2.15. The highest BCUT2D eigenvalue weighted by molar-refractivity contribution is 9.10. The van der Waals surface area contributed by atoms with Crippen molar-refractivity contribution in [3.05, 3.63) is 38.6 Å². The Morgan fingerprint density at radius 1 is 1.50 bits per heavy atom. The molecule has 2 aromatic rings. The summed E-state index contributed by atoms with van der Waals surface area (Å²) in [5.41, 5.74) is 1.11. The number of nitrogens with one attached hydrogen (secondary N) is 1. The van der Waals surface area contributed by atoms with E-state index < -0.39 is 0 Å². The average molecular weight is 301 g/mol. The molecule has 2 heterocycles. The predicted molar refractivity (Wildman–Crippen MR) is 68.7 cm³/mol. The molecule has 1 N–H and O–H groups in total. The van der Waals surface area contributed by atoms with Gasteiger partial charge in [0.25, 0.3) is 0 Å². The summed E-state index contributed by atoms with van der Waals surface area (Å²) in [4.78, 5) is 4.38. The first kappa shape index (κ1) is 11.8. The molecule has 0 aliphatic rings. The first-order valence-electron chi connectivity index (χ1n) is 5.10. The highest BCUT2D eigenvalue weighted by Gasteiger charge is 2.00. The molecule has 16 heavy (non-hydrogen) atoms. The maximum Gasteiger partial charge on any atom is 0.169 e. The van der Waals surface area contributed by atoms with Crippen LogP contribution in [-0.4, -0.2) is 11.5 Å². The molecule has 0 radical (unpaired) electrons. The average Bonchev–Trinajstić information content (AvgIpc) is 2.83.